The van der Waals surface area contributed by atoms with Gasteiger partial charge in [-0.05, 0) is 223 Å². The van der Waals surface area contributed by atoms with Crippen LogP contribution < -0.4 is 21.7 Å². The number of benzene rings is 3. The Morgan fingerprint density at radius 3 is 1.08 bits per heavy atom. The van der Waals surface area contributed by atoms with Crippen LogP contribution in [0.25, 0.3) is 0 Å². The van der Waals surface area contributed by atoms with Gasteiger partial charge < -0.3 is 46.1 Å². The Labute approximate surface area is 612 Å². The molecule has 3 aliphatic carbocycles. The summed E-state index contributed by atoms with van der Waals surface area (Å²) in [6, 6.07) is 10.8. The molecule has 26 heteroatoms. The van der Waals surface area contributed by atoms with E-state index in [2.05, 4.69) is 16.0 Å². The second-order valence-corrected chi connectivity index (χ2v) is 31.8. The number of halogens is 9. The molecule has 4 amide bonds. The number of rotatable bonds is 17. The van der Waals surface area contributed by atoms with Crippen LogP contribution in [-0.2, 0) is 76.0 Å². The molecule has 586 valence electrons. The number of ether oxygens (including phenoxy) is 2. The second-order valence-electron chi connectivity index (χ2n) is 31.8. The molecule has 6 atom stereocenters. The van der Waals surface area contributed by atoms with Crippen molar-refractivity contribution in [1.82, 2.24) is 25.8 Å². The lowest BCUT2D eigenvalue weighted by Crippen LogP contribution is -2.51. The predicted octanol–water partition coefficient (Wildman–Crippen LogP) is 15.8. The molecule has 9 rings (SSSR count). The van der Waals surface area contributed by atoms with E-state index < -0.39 is 70.5 Å². The minimum Gasteiger partial charge on any atom is -0.481 e. The molecule has 105 heavy (non-hydrogen) atoms. The lowest BCUT2D eigenvalue weighted by molar-refractivity contribution is -0.144. The van der Waals surface area contributed by atoms with Gasteiger partial charge in [0.1, 0.15) is 28.6 Å². The molecule has 0 aromatic heterocycles. The van der Waals surface area contributed by atoms with Crippen molar-refractivity contribution in [2.75, 3.05) is 39.3 Å². The Hall–Kier alpha value is -7.09. The van der Waals surface area contributed by atoms with Crippen LogP contribution in [0.2, 0.25) is 0 Å². The fourth-order valence-corrected chi connectivity index (χ4v) is 15.1. The summed E-state index contributed by atoms with van der Waals surface area (Å²) in [6.45, 7) is 19.7. The molecule has 6 fully saturated rings. The number of aryl methyl sites for hydroxylation is 3. The third-order valence-electron chi connectivity index (χ3n) is 20.2. The number of ketones is 3. The first-order valence-electron chi connectivity index (χ1n) is 37.3. The molecule has 3 saturated heterocycles. The fraction of sp³-hybridized carbons (Fsp3) is 0.671. The molecule has 0 radical (unpaired) electrons. The normalized spacial score (nSPS) is 21.7. The van der Waals surface area contributed by atoms with Crippen molar-refractivity contribution in [2.45, 2.75) is 264 Å². The number of alkyl halides is 9. The molecule has 0 bridgehead atoms. The summed E-state index contributed by atoms with van der Waals surface area (Å²) in [4.78, 5) is 102. The van der Waals surface area contributed by atoms with Gasteiger partial charge in [-0.2, -0.15) is 39.5 Å². The summed E-state index contributed by atoms with van der Waals surface area (Å²) in [6.07, 6.45) is 2.12. The number of amides is 4. The quantitative estimate of drug-likeness (QED) is 0.0791. The van der Waals surface area contributed by atoms with Crippen LogP contribution in [0.4, 0.5) is 49.1 Å². The van der Waals surface area contributed by atoms with Gasteiger partial charge in [-0.15, -0.1) is 0 Å². The van der Waals surface area contributed by atoms with Crippen LogP contribution in [0.15, 0.2) is 54.6 Å². The van der Waals surface area contributed by atoms with E-state index >= 15 is 0 Å². The Bertz CT molecular complexity index is 3400. The van der Waals surface area contributed by atoms with Crippen molar-refractivity contribution >= 4 is 47.3 Å². The van der Waals surface area contributed by atoms with E-state index in [4.69, 9.17) is 20.3 Å². The van der Waals surface area contributed by atoms with Crippen molar-refractivity contribution in [3.8, 4) is 0 Å². The number of carbonyl (C=O) groups is 8. The van der Waals surface area contributed by atoms with Gasteiger partial charge in [-0.3, -0.25) is 28.8 Å². The van der Waals surface area contributed by atoms with Crippen LogP contribution in [0.3, 0.4) is 0 Å². The molecule has 0 spiro atoms. The van der Waals surface area contributed by atoms with Gasteiger partial charge >= 0.3 is 36.7 Å². The highest BCUT2D eigenvalue weighted by molar-refractivity contribution is 5.84. The summed E-state index contributed by atoms with van der Waals surface area (Å²) in [5.41, 5.74) is 5.61. The highest BCUT2D eigenvalue weighted by Gasteiger charge is 2.40. The summed E-state index contributed by atoms with van der Waals surface area (Å²) < 4.78 is 127. The number of carboxylic acids is 1. The molecule has 3 heterocycles. The lowest BCUT2D eigenvalue weighted by atomic mass is 9.82. The summed E-state index contributed by atoms with van der Waals surface area (Å²) in [5, 5.41) is 17.9. The number of carboxylic acid groups (broad SMARTS) is 1. The van der Waals surface area contributed by atoms with Crippen LogP contribution in [0.5, 0.6) is 0 Å². The third kappa shape index (κ3) is 30.2. The molecule has 17 nitrogen and oxygen atoms in total. The van der Waals surface area contributed by atoms with Gasteiger partial charge in [0.05, 0.1) is 34.4 Å². The van der Waals surface area contributed by atoms with Crippen molar-refractivity contribution in [3.05, 3.63) is 105 Å². The van der Waals surface area contributed by atoms with Gasteiger partial charge in [0.2, 0.25) is 11.8 Å². The first-order chi connectivity index (χ1) is 49.0. The minimum atomic E-state index is -4.44. The molecule has 6 N–H and O–H groups in total. The van der Waals surface area contributed by atoms with Crippen molar-refractivity contribution in [1.29, 1.82) is 0 Å². The average Bonchev–Trinajstić information content (AvgIpc) is 0.857. The number of carbonyl (C=O) groups excluding carboxylic acids is 7. The van der Waals surface area contributed by atoms with E-state index in [1.807, 2.05) is 9.80 Å². The van der Waals surface area contributed by atoms with E-state index in [9.17, 15) is 77.9 Å². The average molecular weight is 1490 g/mol. The Kier molecular flexibility index (Phi) is 32.4. The van der Waals surface area contributed by atoms with Gasteiger partial charge in [-0.1, -0.05) is 73.4 Å². The number of likely N-dealkylation sites (tertiary alicyclic amines) is 2. The number of nitrogens with one attached hydrogen (secondary N) is 3. The summed E-state index contributed by atoms with van der Waals surface area (Å²) in [7, 11) is 0. The Balaban J connectivity index is 0.000000229. The number of nitrogens with zero attached hydrogens (tertiary/aromatic N) is 2. The van der Waals surface area contributed by atoms with Crippen LogP contribution >= 0.6 is 0 Å². The zero-order valence-corrected chi connectivity index (χ0v) is 62.5. The van der Waals surface area contributed by atoms with E-state index in [0.29, 0.717) is 117 Å². The molecule has 6 aliphatic rings. The second kappa shape index (κ2) is 39.1. The molecule has 3 aromatic rings. The van der Waals surface area contributed by atoms with E-state index in [-0.39, 0.29) is 90.2 Å². The third-order valence-corrected chi connectivity index (χ3v) is 20.2. The number of nitrogens with two attached hydrogens (primary N) is 1. The molecule has 3 aliphatic heterocycles. The van der Waals surface area contributed by atoms with Crippen LogP contribution in [-0.4, -0.2) is 131 Å². The van der Waals surface area contributed by atoms with Gasteiger partial charge in [0.25, 0.3) is 0 Å². The summed E-state index contributed by atoms with van der Waals surface area (Å²) in [5.74, 6) is -0.987. The van der Waals surface area contributed by atoms with Crippen molar-refractivity contribution < 1.29 is 92.5 Å². The topological polar surface area (TPSA) is 244 Å². The van der Waals surface area contributed by atoms with Crippen LogP contribution in [0.1, 0.15) is 226 Å². The molecule has 3 aromatic carbocycles. The number of Topliss-reactive ketones (excluding diaryl/α,β-unsaturated/α-hetero) is 3. The Morgan fingerprint density at radius 1 is 0.438 bits per heavy atom. The molecular weight excluding hydrogens is 1380 g/mol. The predicted molar refractivity (Wildman–Crippen MR) is 381 cm³/mol. The SMILES string of the molecule is CC(C)(C)OC(=O)N[C@H]1CCCC[C@@H]1C(=O)O.Cc1cc(CC(=O)CC2CCN(C(=O)[C@@H]3CCCC[C@H]3N)CC2)cc(C(F)(F)F)c1.Cc1cc(CC(=O)CC2CCN(C(=O)[C@@H]3CCCC[C@H]3NC(=O)OC(C)(C)C)CC2)cc(C(F)(F)F)c1.Cc1cc(CC(=O)CC2CCNCC2)cc(C(F)(F)F)c1. The highest BCUT2D eigenvalue weighted by atomic mass is 19.4. The molecule has 3 saturated carbocycles. The maximum absolute atomic E-state index is 13.3. The minimum absolute atomic E-state index is 0.0147. The number of hydrogen-bond donors (Lipinski definition) is 5. The Morgan fingerprint density at radius 2 is 0.743 bits per heavy atom. The smallest absolute Gasteiger partial charge is 0.416 e. The van der Waals surface area contributed by atoms with E-state index in [0.717, 1.165) is 133 Å². The van der Waals surface area contributed by atoms with E-state index in [1.165, 1.54) is 0 Å². The first kappa shape index (κ1) is 86.8. The van der Waals surface area contributed by atoms with Gasteiger partial charge in [0, 0.05) is 82.8 Å². The number of hydrogen-bond acceptors (Lipinski definition) is 12. The highest BCUT2D eigenvalue weighted by Crippen LogP contribution is 2.36. The molecule has 0 unspecified atom stereocenters. The lowest BCUT2D eigenvalue weighted by Gasteiger charge is -2.38. The maximum atomic E-state index is 13.3. The van der Waals surface area contributed by atoms with Gasteiger partial charge in [0.15, 0.2) is 0 Å². The number of aliphatic carboxylic acids is 1. The van der Waals surface area contributed by atoms with Crippen molar-refractivity contribution in [3.63, 3.8) is 0 Å². The number of piperidine rings is 3. The van der Waals surface area contributed by atoms with Crippen LogP contribution in [0, 0.1) is 56.3 Å². The number of alkyl carbamates (subject to hydrolysis) is 2. The maximum Gasteiger partial charge on any atom is 0.416 e. The standard InChI is InChI=1S/C28H39F3N2O4.C23H31F3N2O2.C16H20F3NO.C12H21NO4/c1-18-13-20(15-21(14-18)28(29,30)31)17-22(34)16-19-9-11-33(12-10-19)25(35)23-7-5-6-8-24(23)32-26(36)37-27(2,3)4;1-15-10-17(12-18(11-15)23(24,25)26)14-19(29)13-16-6-8-28(9-7-16)22(30)20-4-2-3-5-21(20)27;1-11-6-13(8-14(7-11)16(17,18)19)10-15(21)9-12-2-4-20-5-3-12;1-12(2,3)17-11(16)13-9-7-5-4-6-8(9)10(14)15/h13-15,19,23-24H,5-12,16-17H2,1-4H3,(H,32,36);10-12,16,20-21H,2-9,13-14,27H2,1H3;6-8,12,20H,2-5,9-10H2,1H3;8-9H,4-7H2,1-3H3,(H,13,16)(H,14,15)/t23-,24-;20-,21-;;8-,9-/m11.0/s1. The molecular formula is C79H111F9N6O11. The zero-order chi connectivity index (χ0) is 77.8. The first-order valence-corrected chi connectivity index (χ1v) is 37.3. The summed E-state index contributed by atoms with van der Waals surface area (Å²) >= 11 is 0. The van der Waals surface area contributed by atoms with E-state index in [1.54, 1.807) is 80.5 Å². The zero-order valence-electron chi connectivity index (χ0n) is 62.5. The monoisotopic (exact) mass is 1490 g/mol. The largest absolute Gasteiger partial charge is 0.481 e. The fourth-order valence-electron chi connectivity index (χ4n) is 15.1. The van der Waals surface area contributed by atoms with Crippen molar-refractivity contribution in [2.24, 2.45) is 41.2 Å². The van der Waals surface area contributed by atoms with Gasteiger partial charge in [-0.25, -0.2) is 9.59 Å².